The van der Waals surface area contributed by atoms with Gasteiger partial charge in [-0.25, -0.2) is 0 Å². The highest BCUT2D eigenvalue weighted by Gasteiger charge is 2.21. The molecule has 1 saturated heterocycles. The number of likely N-dealkylation sites (tertiary alicyclic amines) is 1. The van der Waals surface area contributed by atoms with Gasteiger partial charge in [-0.3, -0.25) is 4.99 Å². The van der Waals surface area contributed by atoms with Crippen molar-refractivity contribution in [3.8, 4) is 0 Å². The molecule has 2 fully saturated rings. The maximum atomic E-state index is 9.86. The van der Waals surface area contributed by atoms with Gasteiger partial charge < -0.3 is 20.1 Å². The fraction of sp³-hybridized carbons (Fsp3) is 0.929. The fourth-order valence-electron chi connectivity index (χ4n) is 2.25. The number of aliphatic imine (C=N–C) groups is 1. The second-order valence-electron chi connectivity index (χ2n) is 5.52. The van der Waals surface area contributed by atoms with E-state index in [9.17, 15) is 5.11 Å². The predicted molar refractivity (Wildman–Crippen MR) is 76.3 cm³/mol. The molecule has 5 nitrogen and oxygen atoms in total. The number of guanidine groups is 1. The molecule has 0 aromatic carbocycles. The van der Waals surface area contributed by atoms with E-state index >= 15 is 0 Å². The lowest BCUT2D eigenvalue weighted by Gasteiger charge is -2.21. The van der Waals surface area contributed by atoms with Crippen molar-refractivity contribution in [3.63, 3.8) is 0 Å². The summed E-state index contributed by atoms with van der Waals surface area (Å²) in [6.45, 7) is 6.69. The van der Waals surface area contributed by atoms with Gasteiger partial charge in [0, 0.05) is 26.2 Å². The first kappa shape index (κ1) is 14.6. The Labute approximate surface area is 116 Å². The Morgan fingerprint density at radius 1 is 1.42 bits per heavy atom. The Morgan fingerprint density at radius 2 is 2.16 bits per heavy atom. The lowest BCUT2D eigenvalue weighted by Crippen LogP contribution is -2.40. The third-order valence-electron chi connectivity index (χ3n) is 3.55. The van der Waals surface area contributed by atoms with Gasteiger partial charge in [0.15, 0.2) is 5.96 Å². The number of aliphatic hydroxyl groups excluding tert-OH is 1. The molecule has 2 aliphatic rings. The molecule has 0 aromatic rings. The maximum Gasteiger partial charge on any atom is 0.194 e. The minimum absolute atomic E-state index is 0.402. The van der Waals surface area contributed by atoms with Crippen molar-refractivity contribution >= 4 is 5.96 Å². The average Bonchev–Trinajstić information content (AvgIpc) is 3.06. The van der Waals surface area contributed by atoms with E-state index in [-0.39, 0.29) is 0 Å². The van der Waals surface area contributed by atoms with Gasteiger partial charge in [0.25, 0.3) is 0 Å². The molecule has 1 saturated carbocycles. The SMILES string of the molecule is CCNC(=NCC(O)COCC1CC1)N1CCCC1. The van der Waals surface area contributed by atoms with Crippen LogP contribution in [0.1, 0.15) is 32.6 Å². The van der Waals surface area contributed by atoms with Crippen LogP contribution in [0.25, 0.3) is 0 Å². The zero-order valence-electron chi connectivity index (χ0n) is 12.0. The highest BCUT2D eigenvalue weighted by molar-refractivity contribution is 5.80. The van der Waals surface area contributed by atoms with Crippen LogP contribution in [-0.2, 0) is 4.74 Å². The molecule has 1 atom stereocenters. The number of hydrogen-bond acceptors (Lipinski definition) is 3. The van der Waals surface area contributed by atoms with Gasteiger partial charge >= 0.3 is 0 Å². The van der Waals surface area contributed by atoms with Crippen molar-refractivity contribution < 1.29 is 9.84 Å². The number of nitrogens with one attached hydrogen (secondary N) is 1. The zero-order valence-corrected chi connectivity index (χ0v) is 12.0. The van der Waals surface area contributed by atoms with Gasteiger partial charge in [-0.2, -0.15) is 0 Å². The first-order valence-electron chi connectivity index (χ1n) is 7.58. The molecule has 2 N–H and O–H groups in total. The van der Waals surface area contributed by atoms with Gasteiger partial charge in [-0.15, -0.1) is 0 Å². The summed E-state index contributed by atoms with van der Waals surface area (Å²) < 4.78 is 5.48. The first-order chi connectivity index (χ1) is 9.29. The van der Waals surface area contributed by atoms with Gasteiger partial charge in [0.05, 0.1) is 19.3 Å². The molecule has 0 radical (unpaired) electrons. The van der Waals surface area contributed by atoms with Gasteiger partial charge in [-0.05, 0) is 38.5 Å². The Kier molecular flexibility index (Phi) is 5.92. The van der Waals surface area contributed by atoms with Crippen molar-refractivity contribution in [1.82, 2.24) is 10.2 Å². The maximum absolute atomic E-state index is 9.86. The fourth-order valence-corrected chi connectivity index (χ4v) is 2.25. The molecular formula is C14H27N3O2. The van der Waals surface area contributed by atoms with Crippen LogP contribution in [-0.4, -0.2) is 61.5 Å². The summed E-state index contributed by atoms with van der Waals surface area (Å²) in [6, 6.07) is 0. The van der Waals surface area contributed by atoms with E-state index in [0.29, 0.717) is 13.2 Å². The second kappa shape index (κ2) is 7.70. The van der Waals surface area contributed by atoms with Crippen LogP contribution >= 0.6 is 0 Å². The molecule has 0 amide bonds. The standard InChI is InChI=1S/C14H27N3O2/c1-2-15-14(17-7-3-4-8-17)16-9-13(18)11-19-10-12-5-6-12/h12-13,18H,2-11H2,1H3,(H,15,16). The molecule has 1 aliphatic carbocycles. The van der Waals surface area contributed by atoms with Crippen LogP contribution in [0.15, 0.2) is 4.99 Å². The summed E-state index contributed by atoms with van der Waals surface area (Å²) in [5.74, 6) is 1.68. The molecule has 1 aliphatic heterocycles. The van der Waals surface area contributed by atoms with Crippen LogP contribution in [0.4, 0.5) is 0 Å². The van der Waals surface area contributed by atoms with Crippen LogP contribution in [0.5, 0.6) is 0 Å². The molecule has 0 bridgehead atoms. The normalized spacial score (nSPS) is 21.8. The number of aliphatic hydroxyl groups is 1. The molecule has 2 rings (SSSR count). The van der Waals surface area contributed by atoms with Crippen molar-refractivity contribution in [2.24, 2.45) is 10.9 Å². The summed E-state index contributed by atoms with van der Waals surface area (Å²) >= 11 is 0. The van der Waals surface area contributed by atoms with E-state index in [1.807, 2.05) is 0 Å². The topological polar surface area (TPSA) is 57.1 Å². The largest absolute Gasteiger partial charge is 0.389 e. The smallest absolute Gasteiger partial charge is 0.194 e. The minimum Gasteiger partial charge on any atom is -0.389 e. The summed E-state index contributed by atoms with van der Waals surface area (Å²) in [7, 11) is 0. The van der Waals surface area contributed by atoms with Crippen LogP contribution < -0.4 is 5.32 Å². The Morgan fingerprint density at radius 3 is 2.79 bits per heavy atom. The molecule has 110 valence electrons. The van der Waals surface area contributed by atoms with E-state index in [1.54, 1.807) is 0 Å². The zero-order chi connectivity index (χ0) is 13.5. The second-order valence-corrected chi connectivity index (χ2v) is 5.52. The van der Waals surface area contributed by atoms with Crippen molar-refractivity contribution in [3.05, 3.63) is 0 Å². The number of ether oxygens (including phenoxy) is 1. The number of rotatable bonds is 7. The molecule has 1 heterocycles. The van der Waals surface area contributed by atoms with Crippen LogP contribution in [0, 0.1) is 5.92 Å². The Balaban J connectivity index is 1.69. The molecule has 1 unspecified atom stereocenters. The highest BCUT2D eigenvalue weighted by atomic mass is 16.5. The molecule has 0 aromatic heterocycles. The highest BCUT2D eigenvalue weighted by Crippen LogP contribution is 2.28. The molecule has 5 heteroatoms. The summed E-state index contributed by atoms with van der Waals surface area (Å²) in [6.07, 6.45) is 4.55. The van der Waals surface area contributed by atoms with E-state index in [1.165, 1.54) is 25.7 Å². The van der Waals surface area contributed by atoms with E-state index in [2.05, 4.69) is 22.1 Å². The van der Waals surface area contributed by atoms with Crippen molar-refractivity contribution in [2.45, 2.75) is 38.7 Å². The summed E-state index contributed by atoms with van der Waals surface area (Å²) in [5, 5.41) is 13.2. The molecule has 0 spiro atoms. The number of hydrogen-bond donors (Lipinski definition) is 2. The van der Waals surface area contributed by atoms with E-state index in [4.69, 9.17) is 4.74 Å². The minimum atomic E-state index is -0.491. The monoisotopic (exact) mass is 269 g/mol. The third-order valence-corrected chi connectivity index (χ3v) is 3.55. The van der Waals surface area contributed by atoms with E-state index < -0.39 is 6.10 Å². The summed E-state index contributed by atoms with van der Waals surface area (Å²) in [5.41, 5.74) is 0. The van der Waals surface area contributed by atoms with Gasteiger partial charge in [0.1, 0.15) is 0 Å². The molecular weight excluding hydrogens is 242 g/mol. The van der Waals surface area contributed by atoms with Crippen LogP contribution in [0.2, 0.25) is 0 Å². The molecule has 19 heavy (non-hydrogen) atoms. The predicted octanol–water partition coefficient (Wildman–Crippen LogP) is 0.835. The first-order valence-corrected chi connectivity index (χ1v) is 7.58. The quantitative estimate of drug-likeness (QED) is 0.531. The van der Waals surface area contributed by atoms with Crippen molar-refractivity contribution in [2.75, 3.05) is 39.4 Å². The lowest BCUT2D eigenvalue weighted by atomic mass is 10.4. The average molecular weight is 269 g/mol. The van der Waals surface area contributed by atoms with Crippen molar-refractivity contribution in [1.29, 1.82) is 0 Å². The van der Waals surface area contributed by atoms with Crippen LogP contribution in [0.3, 0.4) is 0 Å². The Bertz CT molecular complexity index is 286. The third kappa shape index (κ3) is 5.37. The number of nitrogens with zero attached hydrogens (tertiary/aromatic N) is 2. The summed E-state index contributed by atoms with van der Waals surface area (Å²) in [4.78, 5) is 6.78. The Hall–Kier alpha value is -0.810. The van der Waals surface area contributed by atoms with E-state index in [0.717, 1.165) is 38.1 Å². The van der Waals surface area contributed by atoms with Gasteiger partial charge in [0.2, 0.25) is 0 Å². The van der Waals surface area contributed by atoms with Gasteiger partial charge in [-0.1, -0.05) is 0 Å². The lowest BCUT2D eigenvalue weighted by molar-refractivity contribution is 0.0367.